The minimum absolute atomic E-state index is 0.0690. The summed E-state index contributed by atoms with van der Waals surface area (Å²) in [6, 6.07) is 15.1. The Morgan fingerprint density at radius 1 is 1.00 bits per heavy atom. The number of carbonyl (C=O) groups is 1. The van der Waals surface area contributed by atoms with Crippen LogP contribution >= 0.6 is 0 Å². The van der Waals surface area contributed by atoms with E-state index in [9.17, 15) is 4.79 Å². The molecule has 1 aromatic heterocycles. The van der Waals surface area contributed by atoms with Gasteiger partial charge in [-0.3, -0.25) is 4.79 Å². The van der Waals surface area contributed by atoms with E-state index in [1.54, 1.807) is 11.7 Å². The number of amides is 1. The van der Waals surface area contributed by atoms with E-state index in [1.165, 1.54) is 5.56 Å². The molecule has 0 radical (unpaired) electrons. The highest BCUT2D eigenvalue weighted by Crippen LogP contribution is 2.23. The fourth-order valence-corrected chi connectivity index (χ4v) is 2.50. The number of rotatable bonds is 3. The summed E-state index contributed by atoms with van der Waals surface area (Å²) in [5.41, 5.74) is 3.52. The van der Waals surface area contributed by atoms with E-state index < -0.39 is 0 Å². The summed E-state index contributed by atoms with van der Waals surface area (Å²) in [5.74, 6) is 0.546. The lowest BCUT2D eigenvalue weighted by molar-refractivity contribution is 0.102. The Morgan fingerprint density at radius 2 is 1.64 bits per heavy atom. The molecule has 0 unspecified atom stereocenters. The monoisotopic (exact) mass is 335 g/mol. The van der Waals surface area contributed by atoms with Gasteiger partial charge in [0.15, 0.2) is 5.82 Å². The summed E-state index contributed by atoms with van der Waals surface area (Å²) < 4.78 is 1.60. The summed E-state index contributed by atoms with van der Waals surface area (Å²) in [6.07, 6.45) is 0. The fourth-order valence-electron chi connectivity index (χ4n) is 2.50. The van der Waals surface area contributed by atoms with Gasteiger partial charge in [0.1, 0.15) is 0 Å². The first-order valence-corrected chi connectivity index (χ1v) is 8.09. The van der Waals surface area contributed by atoms with Crippen LogP contribution in [0, 0.1) is 0 Å². The smallest absolute Gasteiger partial charge is 0.255 e. The van der Waals surface area contributed by atoms with E-state index in [-0.39, 0.29) is 11.3 Å². The van der Waals surface area contributed by atoms with E-state index in [2.05, 4.69) is 41.6 Å². The normalized spacial score (nSPS) is 11.4. The molecule has 2 aromatic carbocycles. The molecule has 1 N–H and O–H groups in total. The molecule has 128 valence electrons. The Hall–Kier alpha value is -3.02. The molecule has 0 aliphatic carbocycles. The molecule has 3 rings (SSSR count). The second kappa shape index (κ2) is 6.47. The summed E-state index contributed by atoms with van der Waals surface area (Å²) in [5, 5.41) is 14.3. The van der Waals surface area contributed by atoms with Crippen molar-refractivity contribution >= 4 is 11.6 Å². The van der Waals surface area contributed by atoms with Crippen LogP contribution in [-0.2, 0) is 12.5 Å². The molecule has 0 spiro atoms. The number of nitrogens with one attached hydrogen (secondary N) is 1. The fraction of sp³-hybridized carbons (Fsp3) is 0.263. The summed E-state index contributed by atoms with van der Waals surface area (Å²) in [7, 11) is 1.78. The average Bonchev–Trinajstić information content (AvgIpc) is 3.01. The van der Waals surface area contributed by atoms with E-state index in [0.29, 0.717) is 11.4 Å². The van der Waals surface area contributed by atoms with Crippen molar-refractivity contribution in [2.24, 2.45) is 7.05 Å². The first-order chi connectivity index (χ1) is 11.8. The van der Waals surface area contributed by atoms with Gasteiger partial charge >= 0.3 is 0 Å². The van der Waals surface area contributed by atoms with Gasteiger partial charge in [-0.05, 0) is 57.8 Å². The van der Waals surface area contributed by atoms with Crippen LogP contribution in [0.5, 0.6) is 0 Å². The Bertz CT molecular complexity index is 873. The molecule has 25 heavy (non-hydrogen) atoms. The van der Waals surface area contributed by atoms with Crippen LogP contribution in [0.4, 0.5) is 5.69 Å². The number of carbonyl (C=O) groups excluding carboxylic acids is 1. The van der Waals surface area contributed by atoms with Crippen molar-refractivity contribution in [2.45, 2.75) is 26.2 Å². The number of tetrazole rings is 1. The quantitative estimate of drug-likeness (QED) is 0.796. The minimum atomic E-state index is -0.131. The van der Waals surface area contributed by atoms with Crippen molar-refractivity contribution in [3.63, 3.8) is 0 Å². The van der Waals surface area contributed by atoms with E-state index in [4.69, 9.17) is 0 Å². The summed E-state index contributed by atoms with van der Waals surface area (Å²) in [4.78, 5) is 12.4. The van der Waals surface area contributed by atoms with Crippen LogP contribution in [0.3, 0.4) is 0 Å². The Labute approximate surface area is 146 Å². The number of hydrogen-bond acceptors (Lipinski definition) is 4. The van der Waals surface area contributed by atoms with Gasteiger partial charge in [0.05, 0.1) is 0 Å². The third kappa shape index (κ3) is 3.74. The first kappa shape index (κ1) is 16.8. The van der Waals surface area contributed by atoms with Crippen molar-refractivity contribution < 1.29 is 4.79 Å². The van der Waals surface area contributed by atoms with E-state index >= 15 is 0 Å². The predicted octanol–water partition coefficient (Wildman–Crippen LogP) is 3.43. The molecule has 3 aromatic rings. The molecule has 6 nitrogen and oxygen atoms in total. The van der Waals surface area contributed by atoms with E-state index in [1.807, 2.05) is 48.5 Å². The predicted molar refractivity (Wildman–Crippen MR) is 97.3 cm³/mol. The molecule has 0 bridgehead atoms. The first-order valence-electron chi connectivity index (χ1n) is 8.09. The van der Waals surface area contributed by atoms with Gasteiger partial charge in [-0.1, -0.05) is 32.9 Å². The molecule has 6 heteroatoms. The average molecular weight is 335 g/mol. The van der Waals surface area contributed by atoms with Gasteiger partial charge < -0.3 is 5.32 Å². The Balaban J connectivity index is 1.72. The number of aryl methyl sites for hydroxylation is 1. The number of benzene rings is 2. The Morgan fingerprint density at radius 3 is 2.16 bits per heavy atom. The third-order valence-electron chi connectivity index (χ3n) is 4.03. The van der Waals surface area contributed by atoms with Gasteiger partial charge in [0, 0.05) is 23.9 Å². The molecule has 1 amide bonds. The molecule has 0 fully saturated rings. The second-order valence-corrected chi connectivity index (χ2v) is 6.98. The maximum atomic E-state index is 12.4. The zero-order chi connectivity index (χ0) is 18.0. The van der Waals surface area contributed by atoms with Gasteiger partial charge in [-0.25, -0.2) is 4.68 Å². The van der Waals surface area contributed by atoms with Gasteiger partial charge in [0.2, 0.25) is 0 Å². The molecular formula is C19H21N5O. The van der Waals surface area contributed by atoms with Gasteiger partial charge in [-0.15, -0.1) is 5.10 Å². The SMILES string of the molecule is Cn1nnnc1-c1ccc(NC(=O)c2ccc(C(C)(C)C)cc2)cc1. The highest BCUT2D eigenvalue weighted by Gasteiger charge is 2.14. The summed E-state index contributed by atoms with van der Waals surface area (Å²) in [6.45, 7) is 6.45. The van der Waals surface area contributed by atoms with Crippen LogP contribution in [0.1, 0.15) is 36.7 Å². The van der Waals surface area contributed by atoms with Crippen LogP contribution in [-0.4, -0.2) is 26.1 Å². The third-order valence-corrected chi connectivity index (χ3v) is 4.03. The van der Waals surface area contributed by atoms with Crippen molar-refractivity contribution in [3.05, 3.63) is 59.7 Å². The van der Waals surface area contributed by atoms with Crippen molar-refractivity contribution in [2.75, 3.05) is 5.32 Å². The minimum Gasteiger partial charge on any atom is -0.322 e. The molecule has 0 saturated carbocycles. The molecule has 0 saturated heterocycles. The number of nitrogens with zero attached hydrogens (tertiary/aromatic N) is 4. The lowest BCUT2D eigenvalue weighted by atomic mass is 9.87. The highest BCUT2D eigenvalue weighted by atomic mass is 16.1. The number of hydrogen-bond donors (Lipinski definition) is 1. The molecule has 0 aliphatic heterocycles. The zero-order valence-corrected chi connectivity index (χ0v) is 14.8. The van der Waals surface area contributed by atoms with Crippen LogP contribution in [0.15, 0.2) is 48.5 Å². The second-order valence-electron chi connectivity index (χ2n) is 6.98. The number of aromatic nitrogens is 4. The van der Waals surface area contributed by atoms with Gasteiger partial charge in [0.25, 0.3) is 5.91 Å². The summed E-state index contributed by atoms with van der Waals surface area (Å²) >= 11 is 0. The zero-order valence-electron chi connectivity index (χ0n) is 14.8. The maximum absolute atomic E-state index is 12.4. The van der Waals surface area contributed by atoms with Crippen LogP contribution < -0.4 is 5.32 Å². The van der Waals surface area contributed by atoms with E-state index in [0.717, 1.165) is 11.3 Å². The Kier molecular flexibility index (Phi) is 4.35. The molecule has 0 aliphatic rings. The van der Waals surface area contributed by atoms with Crippen molar-refractivity contribution in [3.8, 4) is 11.4 Å². The van der Waals surface area contributed by atoms with Crippen molar-refractivity contribution in [1.29, 1.82) is 0 Å². The standard InChI is InChI=1S/C19H21N5O/c1-19(2,3)15-9-5-14(6-10-15)18(25)20-16-11-7-13(8-12-16)17-21-22-23-24(17)4/h5-12H,1-4H3,(H,20,25). The molecule has 1 heterocycles. The lowest BCUT2D eigenvalue weighted by Crippen LogP contribution is -2.14. The largest absolute Gasteiger partial charge is 0.322 e. The lowest BCUT2D eigenvalue weighted by Gasteiger charge is -2.19. The van der Waals surface area contributed by atoms with Gasteiger partial charge in [-0.2, -0.15) is 0 Å². The highest BCUT2D eigenvalue weighted by molar-refractivity contribution is 6.04. The molecule has 0 atom stereocenters. The molecular weight excluding hydrogens is 314 g/mol. The van der Waals surface area contributed by atoms with Crippen LogP contribution in [0.25, 0.3) is 11.4 Å². The topological polar surface area (TPSA) is 72.7 Å². The van der Waals surface area contributed by atoms with Crippen molar-refractivity contribution in [1.82, 2.24) is 20.2 Å². The van der Waals surface area contributed by atoms with Crippen LogP contribution in [0.2, 0.25) is 0 Å². The maximum Gasteiger partial charge on any atom is 0.255 e. The number of anilines is 1.